The Morgan fingerprint density at radius 2 is 1.53 bits per heavy atom. The summed E-state index contributed by atoms with van der Waals surface area (Å²) >= 11 is 0. The third-order valence-electron chi connectivity index (χ3n) is 5.53. The van der Waals surface area contributed by atoms with Gasteiger partial charge in [0.05, 0.1) is 0 Å². The van der Waals surface area contributed by atoms with E-state index < -0.39 is 11.8 Å². The van der Waals surface area contributed by atoms with Gasteiger partial charge in [-0.05, 0) is 76.6 Å². The number of benzene rings is 1. The maximum absolute atomic E-state index is 12.0. The SMILES string of the molecule is CN(CCCN)CCCNC(=O)C(=O)NCc1ccc(CN2CCCCCC2)cc1. The van der Waals surface area contributed by atoms with Gasteiger partial charge < -0.3 is 21.3 Å². The summed E-state index contributed by atoms with van der Waals surface area (Å²) in [5.74, 6) is -1.16. The highest BCUT2D eigenvalue weighted by Crippen LogP contribution is 2.13. The van der Waals surface area contributed by atoms with E-state index in [1.165, 1.54) is 44.3 Å². The molecule has 0 spiro atoms. The molecule has 2 rings (SSSR count). The summed E-state index contributed by atoms with van der Waals surface area (Å²) in [6.07, 6.45) is 7.03. The van der Waals surface area contributed by atoms with Gasteiger partial charge in [0.1, 0.15) is 0 Å². The molecule has 0 unspecified atom stereocenters. The number of nitrogens with two attached hydrogens (primary N) is 1. The molecule has 7 nitrogen and oxygen atoms in total. The Balaban J connectivity index is 1.63. The number of carbonyl (C=O) groups is 2. The Morgan fingerprint density at radius 1 is 0.933 bits per heavy atom. The first-order chi connectivity index (χ1) is 14.6. The molecule has 168 valence electrons. The van der Waals surface area contributed by atoms with Gasteiger partial charge in [-0.1, -0.05) is 37.1 Å². The number of nitrogens with zero attached hydrogens (tertiary/aromatic N) is 2. The zero-order valence-electron chi connectivity index (χ0n) is 18.5. The topological polar surface area (TPSA) is 90.7 Å². The molecule has 4 N–H and O–H groups in total. The minimum absolute atomic E-state index is 0.359. The predicted octanol–water partition coefficient (Wildman–Crippen LogP) is 1.47. The lowest BCUT2D eigenvalue weighted by molar-refractivity contribution is -0.139. The molecule has 1 aromatic carbocycles. The molecule has 0 atom stereocenters. The smallest absolute Gasteiger partial charge is 0.309 e. The Kier molecular flexibility index (Phi) is 11.4. The second kappa shape index (κ2) is 14.1. The molecule has 7 heteroatoms. The first kappa shape index (κ1) is 24.3. The van der Waals surface area contributed by atoms with Crippen molar-refractivity contribution in [3.8, 4) is 0 Å². The Morgan fingerprint density at radius 3 is 2.20 bits per heavy atom. The van der Waals surface area contributed by atoms with Gasteiger partial charge in [0.25, 0.3) is 0 Å². The number of likely N-dealkylation sites (tertiary alicyclic amines) is 1. The van der Waals surface area contributed by atoms with E-state index in [4.69, 9.17) is 5.73 Å². The summed E-state index contributed by atoms with van der Waals surface area (Å²) in [6.45, 7) is 6.68. The van der Waals surface area contributed by atoms with E-state index in [0.717, 1.165) is 38.0 Å². The molecule has 1 aliphatic rings. The van der Waals surface area contributed by atoms with Crippen molar-refractivity contribution < 1.29 is 9.59 Å². The van der Waals surface area contributed by atoms with Gasteiger partial charge in [-0.25, -0.2) is 0 Å². The van der Waals surface area contributed by atoms with Crippen LogP contribution >= 0.6 is 0 Å². The fourth-order valence-corrected chi connectivity index (χ4v) is 3.68. The highest BCUT2D eigenvalue weighted by molar-refractivity contribution is 6.35. The van der Waals surface area contributed by atoms with Gasteiger partial charge in [-0.2, -0.15) is 0 Å². The second-order valence-corrected chi connectivity index (χ2v) is 8.24. The molecule has 1 aromatic rings. The molecular weight excluding hydrogens is 378 g/mol. The van der Waals surface area contributed by atoms with Gasteiger partial charge in [0, 0.05) is 19.6 Å². The van der Waals surface area contributed by atoms with Gasteiger partial charge in [0.2, 0.25) is 0 Å². The molecule has 2 amide bonds. The van der Waals surface area contributed by atoms with Crippen molar-refractivity contribution in [1.29, 1.82) is 0 Å². The average molecular weight is 418 g/mol. The maximum Gasteiger partial charge on any atom is 0.309 e. The van der Waals surface area contributed by atoms with Crippen molar-refractivity contribution in [2.75, 3.05) is 46.3 Å². The number of rotatable bonds is 11. The molecule has 1 fully saturated rings. The number of hydrogen-bond acceptors (Lipinski definition) is 5. The minimum atomic E-state index is -0.583. The first-order valence-electron chi connectivity index (χ1n) is 11.3. The van der Waals surface area contributed by atoms with Gasteiger partial charge >= 0.3 is 11.8 Å². The zero-order valence-corrected chi connectivity index (χ0v) is 18.5. The number of nitrogens with one attached hydrogen (secondary N) is 2. The van der Waals surface area contributed by atoms with Crippen LogP contribution in [0.15, 0.2) is 24.3 Å². The van der Waals surface area contributed by atoms with Crippen LogP contribution in [-0.2, 0) is 22.7 Å². The van der Waals surface area contributed by atoms with Crippen molar-refractivity contribution in [2.24, 2.45) is 5.73 Å². The van der Waals surface area contributed by atoms with Crippen molar-refractivity contribution in [1.82, 2.24) is 20.4 Å². The van der Waals surface area contributed by atoms with E-state index in [9.17, 15) is 9.59 Å². The van der Waals surface area contributed by atoms with Gasteiger partial charge in [0.15, 0.2) is 0 Å². The lowest BCUT2D eigenvalue weighted by Gasteiger charge is -2.19. The van der Waals surface area contributed by atoms with E-state index in [1.54, 1.807) is 0 Å². The summed E-state index contributed by atoms with van der Waals surface area (Å²) in [6, 6.07) is 8.30. The third kappa shape index (κ3) is 9.69. The van der Waals surface area contributed by atoms with Crippen molar-refractivity contribution in [3.05, 3.63) is 35.4 Å². The van der Waals surface area contributed by atoms with Gasteiger partial charge in [-0.15, -0.1) is 0 Å². The largest absolute Gasteiger partial charge is 0.348 e. The molecule has 0 saturated carbocycles. The van der Waals surface area contributed by atoms with Crippen LogP contribution < -0.4 is 16.4 Å². The van der Waals surface area contributed by atoms with Crippen molar-refractivity contribution >= 4 is 11.8 Å². The lowest BCUT2D eigenvalue weighted by Crippen LogP contribution is -2.40. The molecule has 1 aliphatic heterocycles. The Bertz CT molecular complexity index is 627. The molecule has 0 aromatic heterocycles. The number of carbonyl (C=O) groups excluding carboxylic acids is 2. The number of hydrogen-bond donors (Lipinski definition) is 3. The van der Waals surface area contributed by atoms with Gasteiger partial charge in [-0.3, -0.25) is 14.5 Å². The minimum Gasteiger partial charge on any atom is -0.348 e. The summed E-state index contributed by atoms with van der Waals surface area (Å²) in [5.41, 5.74) is 7.79. The quantitative estimate of drug-likeness (QED) is 0.375. The van der Waals surface area contributed by atoms with Crippen LogP contribution in [0.2, 0.25) is 0 Å². The highest BCUT2D eigenvalue weighted by atomic mass is 16.2. The second-order valence-electron chi connectivity index (χ2n) is 8.24. The van der Waals surface area contributed by atoms with Crippen molar-refractivity contribution in [3.63, 3.8) is 0 Å². The van der Waals surface area contributed by atoms with E-state index in [0.29, 0.717) is 19.6 Å². The van der Waals surface area contributed by atoms with E-state index in [1.807, 2.05) is 19.2 Å². The number of amides is 2. The normalized spacial score (nSPS) is 15.0. The van der Waals surface area contributed by atoms with Crippen LogP contribution in [0.1, 0.15) is 49.7 Å². The summed E-state index contributed by atoms with van der Waals surface area (Å²) in [4.78, 5) is 28.6. The molecular formula is C23H39N5O2. The fraction of sp³-hybridized carbons (Fsp3) is 0.652. The van der Waals surface area contributed by atoms with Crippen LogP contribution in [0.4, 0.5) is 0 Å². The van der Waals surface area contributed by atoms with Crippen LogP contribution in [0.3, 0.4) is 0 Å². The van der Waals surface area contributed by atoms with E-state index in [-0.39, 0.29) is 0 Å². The maximum atomic E-state index is 12.0. The molecule has 0 radical (unpaired) electrons. The monoisotopic (exact) mass is 417 g/mol. The summed E-state index contributed by atoms with van der Waals surface area (Å²) in [5, 5.41) is 5.38. The molecule has 0 bridgehead atoms. The molecule has 1 saturated heterocycles. The Labute approximate surface area is 181 Å². The van der Waals surface area contributed by atoms with Crippen LogP contribution in [-0.4, -0.2) is 67.9 Å². The molecule has 30 heavy (non-hydrogen) atoms. The lowest BCUT2D eigenvalue weighted by atomic mass is 10.1. The van der Waals surface area contributed by atoms with Crippen molar-refractivity contribution in [2.45, 2.75) is 51.6 Å². The molecule has 1 heterocycles. The van der Waals surface area contributed by atoms with Crippen LogP contribution in [0, 0.1) is 0 Å². The average Bonchev–Trinajstić information content (AvgIpc) is 3.03. The first-order valence-corrected chi connectivity index (χ1v) is 11.3. The fourth-order valence-electron chi connectivity index (χ4n) is 3.68. The predicted molar refractivity (Wildman–Crippen MR) is 121 cm³/mol. The molecule has 0 aliphatic carbocycles. The highest BCUT2D eigenvalue weighted by Gasteiger charge is 2.13. The zero-order chi connectivity index (χ0) is 21.6. The van der Waals surface area contributed by atoms with E-state index >= 15 is 0 Å². The van der Waals surface area contributed by atoms with Crippen LogP contribution in [0.25, 0.3) is 0 Å². The van der Waals surface area contributed by atoms with E-state index in [2.05, 4.69) is 32.6 Å². The van der Waals surface area contributed by atoms with Crippen LogP contribution in [0.5, 0.6) is 0 Å². The standard InChI is InChI=1S/C23H39N5O2/c1-27(14-6-12-24)15-7-13-25-22(29)23(30)26-18-20-8-10-21(11-9-20)19-28-16-4-2-3-5-17-28/h8-11H,2-7,12-19,24H2,1H3,(H,25,29)(H,26,30). The summed E-state index contributed by atoms with van der Waals surface area (Å²) in [7, 11) is 2.03. The summed E-state index contributed by atoms with van der Waals surface area (Å²) < 4.78 is 0. The Hall–Kier alpha value is -1.96. The third-order valence-corrected chi connectivity index (χ3v) is 5.53.